The maximum absolute atomic E-state index is 15.7. The molecule has 0 aliphatic heterocycles. The molecule has 1 aliphatic carbocycles. The Hall–Kier alpha value is -5.03. The average molecular weight is 682 g/mol. The van der Waals surface area contributed by atoms with Crippen LogP contribution in [0.15, 0.2) is 36.4 Å². The molecular formula is C29H6BF15O2. The molecule has 2 nitrogen and oxygen atoms in total. The molecule has 47 heavy (non-hydrogen) atoms. The molecule has 0 N–H and O–H groups in total. The normalized spacial score (nSPS) is 13.2. The van der Waals surface area contributed by atoms with Gasteiger partial charge in [0.15, 0.2) is 69.7 Å². The lowest BCUT2D eigenvalue weighted by Crippen LogP contribution is -2.45. The zero-order valence-corrected chi connectivity index (χ0v) is 22.0. The predicted molar refractivity (Wildman–Crippen MR) is 131 cm³/mol. The van der Waals surface area contributed by atoms with E-state index in [0.717, 1.165) is 0 Å². The monoisotopic (exact) mass is 682 g/mol. The van der Waals surface area contributed by atoms with Gasteiger partial charge in [0.2, 0.25) is 5.82 Å². The molecule has 0 spiro atoms. The molecule has 0 fully saturated rings. The molecular weight excluding hydrogens is 676 g/mol. The van der Waals surface area contributed by atoms with Gasteiger partial charge in [0.1, 0.15) is 11.6 Å². The molecule has 18 heteroatoms. The highest BCUT2D eigenvalue weighted by atomic mass is 19.3. The third kappa shape index (κ3) is 4.47. The highest BCUT2D eigenvalue weighted by molar-refractivity contribution is 6.63. The molecule has 1 aliphatic rings. The minimum atomic E-state index is -5.28. The first-order valence-electron chi connectivity index (χ1n) is 12.5. The van der Waals surface area contributed by atoms with Gasteiger partial charge in [0.25, 0.3) is 0 Å². The minimum Gasteiger partial charge on any atom is -0.521 e. The van der Waals surface area contributed by atoms with Crippen LogP contribution in [0.2, 0.25) is 0 Å². The Bertz CT molecular complexity index is 2190. The number of hydrogen-bond donors (Lipinski definition) is 0. The first kappa shape index (κ1) is 31.9. The van der Waals surface area contributed by atoms with Crippen LogP contribution in [0.1, 0.15) is 11.1 Å². The molecule has 0 saturated carbocycles. The fraction of sp³-hybridized carbons (Fsp3) is 0.0345. The zero-order valence-electron chi connectivity index (χ0n) is 22.0. The summed E-state index contributed by atoms with van der Waals surface area (Å²) in [6.45, 7) is 0. The summed E-state index contributed by atoms with van der Waals surface area (Å²) in [6, 6.07) is 2.63. The smallest absolute Gasteiger partial charge is 0.521 e. The van der Waals surface area contributed by atoms with Crippen LogP contribution in [-0.2, 0) is 5.92 Å². The number of rotatable bonds is 5. The van der Waals surface area contributed by atoms with Crippen molar-refractivity contribution in [3.8, 4) is 22.6 Å². The standard InChI is InChI=1S/C29H6BF15O2/c31-9-5-6-12(7-1-3-10(32)19(35)13(7)9)46-30(8-2-4-11(33)20(36)18(8)34)47-28-17-15(22(38)25(41)27(28)43)14-16(29(17,44)45)23(39)26(42)24(40)21(14)37/h1-6H. The van der Waals surface area contributed by atoms with Crippen molar-refractivity contribution in [2.45, 2.75) is 5.92 Å². The molecule has 0 atom stereocenters. The van der Waals surface area contributed by atoms with Crippen molar-refractivity contribution >= 4 is 23.4 Å². The molecule has 0 amide bonds. The van der Waals surface area contributed by atoms with Crippen LogP contribution >= 0.6 is 0 Å². The number of fused-ring (bicyclic) bond motifs is 4. The summed E-state index contributed by atoms with van der Waals surface area (Å²) in [5.41, 5.74) is -10.3. The summed E-state index contributed by atoms with van der Waals surface area (Å²) in [6.07, 6.45) is 0. The summed E-state index contributed by atoms with van der Waals surface area (Å²) in [5.74, 6) is -38.9. The Morgan fingerprint density at radius 2 is 0.979 bits per heavy atom. The number of benzene rings is 5. The topological polar surface area (TPSA) is 18.5 Å². The Morgan fingerprint density at radius 1 is 0.447 bits per heavy atom. The van der Waals surface area contributed by atoms with E-state index in [9.17, 15) is 52.7 Å². The SMILES string of the molecule is Fc1ccc(B(Oc2c(F)c(F)c(F)c3c2C(F)(F)c2c(F)c(F)c(F)c(F)c2-3)Oc2ccc(F)c3c(F)c(F)ccc23)c(F)c1F. The predicted octanol–water partition coefficient (Wildman–Crippen LogP) is 8.62. The van der Waals surface area contributed by atoms with Crippen molar-refractivity contribution in [2.24, 2.45) is 0 Å². The van der Waals surface area contributed by atoms with Gasteiger partial charge in [-0.15, -0.1) is 0 Å². The van der Waals surface area contributed by atoms with E-state index in [1.54, 1.807) is 0 Å². The van der Waals surface area contributed by atoms with Crippen molar-refractivity contribution in [3.63, 3.8) is 0 Å². The lowest BCUT2D eigenvalue weighted by molar-refractivity contribution is 0.0404. The van der Waals surface area contributed by atoms with Gasteiger partial charge in [0, 0.05) is 16.5 Å². The van der Waals surface area contributed by atoms with Gasteiger partial charge in [-0.25, -0.2) is 52.7 Å². The fourth-order valence-electron chi connectivity index (χ4n) is 5.08. The van der Waals surface area contributed by atoms with E-state index in [0.29, 0.717) is 30.3 Å². The molecule has 0 radical (unpaired) electrons. The lowest BCUT2D eigenvalue weighted by Gasteiger charge is -2.23. The van der Waals surface area contributed by atoms with Gasteiger partial charge < -0.3 is 9.31 Å². The quantitative estimate of drug-likeness (QED) is 0.0801. The molecule has 242 valence electrons. The minimum absolute atomic E-state index is 0.193. The Morgan fingerprint density at radius 3 is 1.64 bits per heavy atom. The molecule has 0 unspecified atom stereocenters. The van der Waals surface area contributed by atoms with Gasteiger partial charge in [-0.3, -0.25) is 0 Å². The highest BCUT2D eigenvalue weighted by Gasteiger charge is 2.56. The van der Waals surface area contributed by atoms with Gasteiger partial charge in [-0.2, -0.15) is 13.2 Å². The molecule has 6 rings (SSSR count). The zero-order chi connectivity index (χ0) is 34.4. The Kier molecular flexibility index (Phi) is 7.32. The van der Waals surface area contributed by atoms with E-state index < -0.39 is 139 Å². The van der Waals surface area contributed by atoms with Crippen LogP contribution < -0.4 is 14.8 Å². The van der Waals surface area contributed by atoms with Crippen LogP contribution in [-0.4, -0.2) is 7.12 Å². The van der Waals surface area contributed by atoms with E-state index in [2.05, 4.69) is 0 Å². The summed E-state index contributed by atoms with van der Waals surface area (Å²) in [7, 11) is -2.96. The van der Waals surface area contributed by atoms with Gasteiger partial charge in [-0.1, -0.05) is 6.07 Å². The molecule has 0 heterocycles. The van der Waals surface area contributed by atoms with Crippen molar-refractivity contribution in [2.75, 3.05) is 0 Å². The summed E-state index contributed by atoms with van der Waals surface area (Å²) < 4.78 is 230. The van der Waals surface area contributed by atoms with Gasteiger partial charge in [0.05, 0.1) is 22.0 Å². The molecule has 5 aromatic rings. The van der Waals surface area contributed by atoms with E-state index in [4.69, 9.17) is 9.31 Å². The molecule has 0 saturated heterocycles. The van der Waals surface area contributed by atoms with Crippen LogP contribution in [0, 0.1) is 75.6 Å². The van der Waals surface area contributed by atoms with Crippen molar-refractivity contribution in [1.29, 1.82) is 0 Å². The van der Waals surface area contributed by atoms with Crippen molar-refractivity contribution < 1.29 is 75.2 Å². The van der Waals surface area contributed by atoms with E-state index in [-0.39, 0.29) is 6.07 Å². The summed E-state index contributed by atoms with van der Waals surface area (Å²) in [5, 5.41) is -1.85. The molecule has 5 aromatic carbocycles. The van der Waals surface area contributed by atoms with Gasteiger partial charge in [-0.05, 0) is 30.3 Å². The second-order valence-corrected chi connectivity index (χ2v) is 9.76. The van der Waals surface area contributed by atoms with Crippen molar-refractivity contribution in [1.82, 2.24) is 0 Å². The third-order valence-electron chi connectivity index (χ3n) is 7.18. The highest BCUT2D eigenvalue weighted by Crippen LogP contribution is 2.58. The number of hydrogen-bond acceptors (Lipinski definition) is 2. The van der Waals surface area contributed by atoms with Crippen LogP contribution in [0.4, 0.5) is 65.9 Å². The fourth-order valence-corrected chi connectivity index (χ4v) is 5.08. The third-order valence-corrected chi connectivity index (χ3v) is 7.18. The summed E-state index contributed by atoms with van der Waals surface area (Å²) >= 11 is 0. The second-order valence-electron chi connectivity index (χ2n) is 9.76. The van der Waals surface area contributed by atoms with E-state index in [1.807, 2.05) is 0 Å². The van der Waals surface area contributed by atoms with Crippen LogP contribution in [0.25, 0.3) is 21.9 Å². The maximum atomic E-state index is 15.7. The van der Waals surface area contributed by atoms with Crippen LogP contribution in [0.5, 0.6) is 11.5 Å². The molecule has 0 bridgehead atoms. The lowest BCUT2D eigenvalue weighted by atomic mass is 9.77. The summed E-state index contributed by atoms with van der Waals surface area (Å²) in [4.78, 5) is 0. The van der Waals surface area contributed by atoms with Crippen molar-refractivity contribution in [3.05, 3.63) is 123 Å². The number of alkyl halides is 2. The Labute approximate surface area is 250 Å². The van der Waals surface area contributed by atoms with E-state index in [1.165, 1.54) is 0 Å². The first-order chi connectivity index (χ1) is 22.0. The first-order valence-corrected chi connectivity index (χ1v) is 12.5. The van der Waals surface area contributed by atoms with E-state index >= 15 is 13.2 Å². The van der Waals surface area contributed by atoms with Gasteiger partial charge >= 0.3 is 13.0 Å². The second kappa shape index (κ2) is 10.8. The van der Waals surface area contributed by atoms with Crippen LogP contribution in [0.3, 0.4) is 0 Å². The number of halogens is 15. The average Bonchev–Trinajstić information content (AvgIpc) is 3.28. The largest absolute Gasteiger partial charge is 0.635 e. The maximum Gasteiger partial charge on any atom is 0.635 e. The Balaban J connectivity index is 1.63. The molecule has 0 aromatic heterocycles.